The summed E-state index contributed by atoms with van der Waals surface area (Å²) in [4.78, 5) is 11.4. The molecular formula is C14H17NO2. The summed E-state index contributed by atoms with van der Waals surface area (Å²) in [5, 5.41) is 0.995. The van der Waals surface area contributed by atoms with Crippen LogP contribution in [-0.2, 0) is 6.42 Å². The van der Waals surface area contributed by atoms with Crippen LogP contribution in [0.3, 0.4) is 0 Å². The molecule has 2 N–H and O–H groups in total. The smallest absolute Gasteiger partial charge is 0.336 e. The Morgan fingerprint density at radius 1 is 1.24 bits per heavy atom. The molecule has 3 nitrogen and oxygen atoms in total. The van der Waals surface area contributed by atoms with Gasteiger partial charge in [0.15, 0.2) is 0 Å². The SMILES string of the molecule is CCCCCc1cc(=O)oc2cc(N)ccc12. The third-order valence-corrected chi connectivity index (χ3v) is 2.90. The van der Waals surface area contributed by atoms with Gasteiger partial charge < -0.3 is 10.2 Å². The van der Waals surface area contributed by atoms with Gasteiger partial charge in [0.1, 0.15) is 5.58 Å². The summed E-state index contributed by atoms with van der Waals surface area (Å²) in [7, 11) is 0. The van der Waals surface area contributed by atoms with Crippen LogP contribution in [0.2, 0.25) is 0 Å². The number of hydrogen-bond acceptors (Lipinski definition) is 3. The van der Waals surface area contributed by atoms with E-state index in [2.05, 4.69) is 6.92 Å². The molecule has 0 unspecified atom stereocenters. The summed E-state index contributed by atoms with van der Waals surface area (Å²) >= 11 is 0. The highest BCUT2D eigenvalue weighted by molar-refractivity contribution is 5.82. The molecule has 1 aromatic heterocycles. The normalized spacial score (nSPS) is 10.9. The van der Waals surface area contributed by atoms with E-state index in [0.717, 1.165) is 23.8 Å². The Morgan fingerprint density at radius 3 is 2.82 bits per heavy atom. The lowest BCUT2D eigenvalue weighted by molar-refractivity contribution is 0.558. The first-order valence-electron chi connectivity index (χ1n) is 6.03. The Bertz CT molecular complexity index is 572. The van der Waals surface area contributed by atoms with Crippen LogP contribution >= 0.6 is 0 Å². The predicted octanol–water partition coefficient (Wildman–Crippen LogP) is 3.11. The first-order valence-corrected chi connectivity index (χ1v) is 6.03. The third-order valence-electron chi connectivity index (χ3n) is 2.90. The number of nitrogen functional groups attached to an aromatic ring is 1. The van der Waals surface area contributed by atoms with Gasteiger partial charge in [-0.2, -0.15) is 0 Å². The molecule has 0 radical (unpaired) electrons. The van der Waals surface area contributed by atoms with Gasteiger partial charge in [-0.15, -0.1) is 0 Å². The average Bonchev–Trinajstić information content (AvgIpc) is 2.28. The van der Waals surface area contributed by atoms with Crippen LogP contribution in [0, 0.1) is 0 Å². The molecule has 3 heteroatoms. The molecule has 1 heterocycles. The molecule has 0 fully saturated rings. The zero-order valence-corrected chi connectivity index (χ0v) is 10.0. The number of fused-ring (bicyclic) bond motifs is 1. The van der Waals surface area contributed by atoms with Crippen LogP contribution in [0.5, 0.6) is 0 Å². The van der Waals surface area contributed by atoms with Gasteiger partial charge in [-0.05, 0) is 30.5 Å². The number of benzene rings is 1. The lowest BCUT2D eigenvalue weighted by atomic mass is 10.0. The van der Waals surface area contributed by atoms with Gasteiger partial charge >= 0.3 is 5.63 Å². The Morgan fingerprint density at radius 2 is 2.06 bits per heavy atom. The van der Waals surface area contributed by atoms with Crippen molar-refractivity contribution in [1.29, 1.82) is 0 Å². The fourth-order valence-electron chi connectivity index (χ4n) is 2.02. The number of anilines is 1. The van der Waals surface area contributed by atoms with Crippen LogP contribution in [0.15, 0.2) is 33.5 Å². The van der Waals surface area contributed by atoms with Gasteiger partial charge in [-0.25, -0.2) is 4.79 Å². The first kappa shape index (κ1) is 11.7. The van der Waals surface area contributed by atoms with Crippen LogP contribution in [0.25, 0.3) is 11.0 Å². The van der Waals surface area contributed by atoms with Crippen molar-refractivity contribution < 1.29 is 4.42 Å². The number of nitrogens with two attached hydrogens (primary N) is 1. The monoisotopic (exact) mass is 231 g/mol. The maximum atomic E-state index is 11.4. The van der Waals surface area contributed by atoms with Gasteiger partial charge in [0.25, 0.3) is 0 Å². The van der Waals surface area contributed by atoms with E-state index in [1.807, 2.05) is 12.1 Å². The molecule has 90 valence electrons. The fraction of sp³-hybridized carbons (Fsp3) is 0.357. The highest BCUT2D eigenvalue weighted by Crippen LogP contribution is 2.21. The van der Waals surface area contributed by atoms with Gasteiger partial charge in [0.2, 0.25) is 0 Å². The number of unbranched alkanes of at least 4 members (excludes halogenated alkanes) is 2. The average molecular weight is 231 g/mol. The molecule has 2 aromatic rings. The fourth-order valence-corrected chi connectivity index (χ4v) is 2.02. The van der Waals surface area contributed by atoms with Crippen molar-refractivity contribution in [2.45, 2.75) is 32.6 Å². The van der Waals surface area contributed by atoms with Crippen molar-refractivity contribution in [3.63, 3.8) is 0 Å². The van der Waals surface area contributed by atoms with E-state index in [9.17, 15) is 4.79 Å². The molecule has 0 saturated heterocycles. The molecule has 17 heavy (non-hydrogen) atoms. The topological polar surface area (TPSA) is 56.2 Å². The minimum atomic E-state index is -0.297. The second-order valence-electron chi connectivity index (χ2n) is 4.30. The zero-order valence-electron chi connectivity index (χ0n) is 10.0. The van der Waals surface area contributed by atoms with Crippen molar-refractivity contribution in [3.05, 3.63) is 40.2 Å². The Kier molecular flexibility index (Phi) is 3.47. The molecule has 0 spiro atoms. The quantitative estimate of drug-likeness (QED) is 0.499. The predicted molar refractivity (Wildman–Crippen MR) is 70.1 cm³/mol. The summed E-state index contributed by atoms with van der Waals surface area (Å²) < 4.78 is 5.15. The maximum Gasteiger partial charge on any atom is 0.336 e. The van der Waals surface area contributed by atoms with Crippen LogP contribution in [0.1, 0.15) is 31.7 Å². The summed E-state index contributed by atoms with van der Waals surface area (Å²) in [5.41, 5.74) is 7.65. The Hall–Kier alpha value is -1.77. The van der Waals surface area contributed by atoms with Crippen molar-refractivity contribution in [2.75, 3.05) is 5.73 Å². The van der Waals surface area contributed by atoms with Gasteiger partial charge in [-0.1, -0.05) is 19.8 Å². The van der Waals surface area contributed by atoms with E-state index in [4.69, 9.17) is 10.2 Å². The summed E-state index contributed by atoms with van der Waals surface area (Å²) in [6, 6.07) is 7.06. The summed E-state index contributed by atoms with van der Waals surface area (Å²) in [5.74, 6) is 0. The lowest BCUT2D eigenvalue weighted by Crippen LogP contribution is -2.01. The van der Waals surface area contributed by atoms with Crippen LogP contribution in [0.4, 0.5) is 5.69 Å². The van der Waals surface area contributed by atoms with Gasteiger partial charge in [-0.3, -0.25) is 0 Å². The van der Waals surface area contributed by atoms with Crippen LogP contribution in [-0.4, -0.2) is 0 Å². The van der Waals surface area contributed by atoms with E-state index in [-0.39, 0.29) is 5.63 Å². The molecule has 0 aliphatic heterocycles. The highest BCUT2D eigenvalue weighted by atomic mass is 16.4. The van der Waals surface area contributed by atoms with E-state index < -0.39 is 0 Å². The van der Waals surface area contributed by atoms with E-state index in [0.29, 0.717) is 11.3 Å². The standard InChI is InChI=1S/C14H17NO2/c1-2-3-4-5-10-8-14(16)17-13-9-11(15)6-7-12(10)13/h6-9H,2-5,15H2,1H3. The lowest BCUT2D eigenvalue weighted by Gasteiger charge is -2.05. The molecule has 0 amide bonds. The minimum Gasteiger partial charge on any atom is -0.423 e. The van der Waals surface area contributed by atoms with E-state index in [1.165, 1.54) is 12.8 Å². The van der Waals surface area contributed by atoms with Gasteiger partial charge in [0, 0.05) is 23.2 Å². The number of hydrogen-bond donors (Lipinski definition) is 1. The Labute approximate surface area is 100 Å². The maximum absolute atomic E-state index is 11.4. The van der Waals surface area contributed by atoms with Crippen LogP contribution < -0.4 is 11.4 Å². The molecule has 0 aliphatic rings. The Balaban J connectivity index is 2.43. The molecule has 0 atom stereocenters. The summed E-state index contributed by atoms with van der Waals surface area (Å²) in [6.45, 7) is 2.16. The second-order valence-corrected chi connectivity index (χ2v) is 4.30. The second kappa shape index (κ2) is 5.04. The largest absolute Gasteiger partial charge is 0.423 e. The third kappa shape index (κ3) is 2.67. The van der Waals surface area contributed by atoms with Crippen molar-refractivity contribution >= 4 is 16.7 Å². The van der Waals surface area contributed by atoms with Crippen molar-refractivity contribution in [1.82, 2.24) is 0 Å². The van der Waals surface area contributed by atoms with Gasteiger partial charge in [0.05, 0.1) is 0 Å². The van der Waals surface area contributed by atoms with E-state index in [1.54, 1.807) is 12.1 Å². The number of rotatable bonds is 4. The molecule has 1 aromatic carbocycles. The summed E-state index contributed by atoms with van der Waals surface area (Å²) in [6.07, 6.45) is 4.36. The zero-order chi connectivity index (χ0) is 12.3. The molecule has 0 saturated carbocycles. The molecule has 2 rings (SSSR count). The number of aryl methyl sites for hydroxylation is 1. The molecule has 0 aliphatic carbocycles. The first-order chi connectivity index (χ1) is 8.20. The van der Waals surface area contributed by atoms with Crippen molar-refractivity contribution in [2.24, 2.45) is 0 Å². The minimum absolute atomic E-state index is 0.297. The highest BCUT2D eigenvalue weighted by Gasteiger charge is 2.05. The van der Waals surface area contributed by atoms with E-state index >= 15 is 0 Å². The molecule has 0 bridgehead atoms. The molecular weight excluding hydrogens is 214 g/mol. The van der Waals surface area contributed by atoms with Crippen molar-refractivity contribution in [3.8, 4) is 0 Å².